The first-order valence-electron chi connectivity index (χ1n) is 8.33. The monoisotopic (exact) mass is 252 g/mol. The number of unbranched alkanes of at least 4 members (excludes halogenated alkanes) is 2. The van der Waals surface area contributed by atoms with Gasteiger partial charge in [-0.05, 0) is 63.7 Å². The molecule has 0 aromatic rings. The summed E-state index contributed by atoms with van der Waals surface area (Å²) >= 11 is 0. The molecule has 1 aliphatic heterocycles. The Morgan fingerprint density at radius 2 is 1.83 bits per heavy atom. The molecule has 2 rings (SSSR count). The third kappa shape index (κ3) is 4.55. The molecule has 2 aliphatic rings. The summed E-state index contributed by atoms with van der Waals surface area (Å²) in [7, 11) is 0. The van der Waals surface area contributed by atoms with Gasteiger partial charge >= 0.3 is 0 Å². The predicted molar refractivity (Wildman–Crippen MR) is 78.9 cm³/mol. The van der Waals surface area contributed by atoms with Crippen molar-refractivity contribution in [2.24, 2.45) is 11.8 Å². The van der Waals surface area contributed by atoms with Gasteiger partial charge in [-0.25, -0.2) is 0 Å². The molecule has 1 saturated carbocycles. The molecule has 2 nitrogen and oxygen atoms in total. The van der Waals surface area contributed by atoms with E-state index >= 15 is 0 Å². The summed E-state index contributed by atoms with van der Waals surface area (Å²) in [6.07, 6.45) is 11.7. The largest absolute Gasteiger partial charge is 0.317 e. The van der Waals surface area contributed by atoms with Gasteiger partial charge in [-0.2, -0.15) is 0 Å². The normalized spacial score (nSPS) is 29.2. The molecular formula is C16H32N2. The molecule has 1 heterocycles. The Balaban J connectivity index is 1.54. The SMILES string of the molecule is CCNCCCCCN1CCC2CCCCC2C1. The molecule has 2 atom stereocenters. The zero-order valence-electron chi connectivity index (χ0n) is 12.3. The van der Waals surface area contributed by atoms with Crippen molar-refractivity contribution in [2.75, 3.05) is 32.7 Å². The van der Waals surface area contributed by atoms with E-state index in [2.05, 4.69) is 17.1 Å². The molecule has 0 radical (unpaired) electrons. The maximum atomic E-state index is 3.41. The van der Waals surface area contributed by atoms with Crippen LogP contribution in [0.1, 0.15) is 58.3 Å². The van der Waals surface area contributed by atoms with Gasteiger partial charge in [0, 0.05) is 6.54 Å². The van der Waals surface area contributed by atoms with Gasteiger partial charge in [0.2, 0.25) is 0 Å². The maximum absolute atomic E-state index is 3.41. The van der Waals surface area contributed by atoms with Crippen LogP contribution in [-0.4, -0.2) is 37.6 Å². The van der Waals surface area contributed by atoms with Crippen LogP contribution in [0.5, 0.6) is 0 Å². The van der Waals surface area contributed by atoms with E-state index in [1.807, 2.05) is 0 Å². The second kappa shape index (κ2) is 8.16. The van der Waals surface area contributed by atoms with Crippen molar-refractivity contribution >= 4 is 0 Å². The van der Waals surface area contributed by atoms with Gasteiger partial charge in [-0.3, -0.25) is 0 Å². The van der Waals surface area contributed by atoms with E-state index in [1.165, 1.54) is 77.5 Å². The van der Waals surface area contributed by atoms with E-state index in [0.29, 0.717) is 0 Å². The highest BCUT2D eigenvalue weighted by atomic mass is 15.1. The molecule has 0 amide bonds. The lowest BCUT2D eigenvalue weighted by Crippen LogP contribution is -2.42. The van der Waals surface area contributed by atoms with Crippen molar-refractivity contribution in [3.63, 3.8) is 0 Å². The van der Waals surface area contributed by atoms with Crippen molar-refractivity contribution in [1.82, 2.24) is 10.2 Å². The van der Waals surface area contributed by atoms with Crippen LogP contribution in [0.2, 0.25) is 0 Å². The standard InChI is InChI=1S/C16H32N2/c1-2-17-11-6-3-7-12-18-13-10-15-8-4-5-9-16(15)14-18/h15-17H,2-14H2,1H3. The van der Waals surface area contributed by atoms with Gasteiger partial charge in [0.25, 0.3) is 0 Å². The Morgan fingerprint density at radius 3 is 2.67 bits per heavy atom. The highest BCUT2D eigenvalue weighted by molar-refractivity contribution is 4.83. The Hall–Kier alpha value is -0.0800. The van der Waals surface area contributed by atoms with E-state index in [4.69, 9.17) is 0 Å². The van der Waals surface area contributed by atoms with Crippen molar-refractivity contribution in [2.45, 2.75) is 58.3 Å². The minimum atomic E-state index is 1.05. The number of hydrogen-bond donors (Lipinski definition) is 1. The Kier molecular flexibility index (Phi) is 6.50. The first-order valence-corrected chi connectivity index (χ1v) is 8.33. The van der Waals surface area contributed by atoms with E-state index in [1.54, 1.807) is 0 Å². The molecule has 0 spiro atoms. The second-order valence-electron chi connectivity index (χ2n) is 6.31. The maximum Gasteiger partial charge on any atom is 0.00123 e. The predicted octanol–water partition coefficient (Wildman–Crippen LogP) is 3.28. The fraction of sp³-hybridized carbons (Fsp3) is 1.00. The van der Waals surface area contributed by atoms with Crippen LogP contribution < -0.4 is 5.32 Å². The Bertz CT molecular complexity index is 217. The van der Waals surface area contributed by atoms with Gasteiger partial charge in [0.15, 0.2) is 0 Å². The van der Waals surface area contributed by atoms with Crippen LogP contribution in [0.4, 0.5) is 0 Å². The fourth-order valence-corrected chi connectivity index (χ4v) is 3.82. The zero-order chi connectivity index (χ0) is 12.6. The fourth-order valence-electron chi connectivity index (χ4n) is 3.82. The summed E-state index contributed by atoms with van der Waals surface area (Å²) in [6.45, 7) is 8.67. The molecule has 18 heavy (non-hydrogen) atoms. The highest BCUT2D eigenvalue weighted by Crippen LogP contribution is 2.35. The van der Waals surface area contributed by atoms with Crippen LogP contribution in [0, 0.1) is 11.8 Å². The van der Waals surface area contributed by atoms with Crippen molar-refractivity contribution in [1.29, 1.82) is 0 Å². The molecule has 1 N–H and O–H groups in total. The third-order valence-electron chi connectivity index (χ3n) is 4.95. The first-order chi connectivity index (χ1) is 8.90. The number of fused-ring (bicyclic) bond motifs is 1. The second-order valence-corrected chi connectivity index (χ2v) is 6.31. The molecule has 0 aromatic heterocycles. The lowest BCUT2D eigenvalue weighted by Gasteiger charge is -2.41. The van der Waals surface area contributed by atoms with Crippen molar-refractivity contribution in [3.8, 4) is 0 Å². The minimum absolute atomic E-state index is 1.05. The Morgan fingerprint density at radius 1 is 1.00 bits per heavy atom. The number of piperidine rings is 1. The number of nitrogens with one attached hydrogen (secondary N) is 1. The van der Waals surface area contributed by atoms with E-state index in [-0.39, 0.29) is 0 Å². The van der Waals surface area contributed by atoms with Gasteiger partial charge in [0.05, 0.1) is 0 Å². The van der Waals surface area contributed by atoms with Crippen molar-refractivity contribution < 1.29 is 0 Å². The summed E-state index contributed by atoms with van der Waals surface area (Å²) in [4.78, 5) is 2.75. The zero-order valence-corrected chi connectivity index (χ0v) is 12.3. The summed E-state index contributed by atoms with van der Waals surface area (Å²) < 4.78 is 0. The molecule has 106 valence electrons. The smallest absolute Gasteiger partial charge is 0.00123 e. The molecule has 2 unspecified atom stereocenters. The van der Waals surface area contributed by atoms with E-state index in [0.717, 1.165) is 18.4 Å². The van der Waals surface area contributed by atoms with Crippen molar-refractivity contribution in [3.05, 3.63) is 0 Å². The van der Waals surface area contributed by atoms with Crippen LogP contribution >= 0.6 is 0 Å². The highest BCUT2D eigenvalue weighted by Gasteiger charge is 2.30. The van der Waals surface area contributed by atoms with E-state index < -0.39 is 0 Å². The van der Waals surface area contributed by atoms with Crippen LogP contribution in [0.15, 0.2) is 0 Å². The Labute approximate surface area is 114 Å². The summed E-state index contributed by atoms with van der Waals surface area (Å²) in [5.41, 5.74) is 0. The number of nitrogens with zero attached hydrogens (tertiary/aromatic N) is 1. The van der Waals surface area contributed by atoms with Gasteiger partial charge in [0.1, 0.15) is 0 Å². The number of rotatable bonds is 7. The van der Waals surface area contributed by atoms with Crippen LogP contribution in [0.25, 0.3) is 0 Å². The lowest BCUT2D eigenvalue weighted by atomic mass is 9.75. The molecule has 0 aromatic carbocycles. The average molecular weight is 252 g/mol. The van der Waals surface area contributed by atoms with Crippen LogP contribution in [0.3, 0.4) is 0 Å². The summed E-state index contributed by atoms with van der Waals surface area (Å²) in [6, 6.07) is 0. The van der Waals surface area contributed by atoms with E-state index in [9.17, 15) is 0 Å². The molecule has 1 saturated heterocycles. The van der Waals surface area contributed by atoms with Crippen LogP contribution in [-0.2, 0) is 0 Å². The average Bonchev–Trinajstić information content (AvgIpc) is 2.42. The number of likely N-dealkylation sites (tertiary alicyclic amines) is 1. The molecule has 2 heteroatoms. The molecule has 0 bridgehead atoms. The number of hydrogen-bond acceptors (Lipinski definition) is 2. The lowest BCUT2D eigenvalue weighted by molar-refractivity contribution is 0.0857. The minimum Gasteiger partial charge on any atom is -0.317 e. The quantitative estimate of drug-likeness (QED) is 0.700. The molecular weight excluding hydrogens is 220 g/mol. The van der Waals surface area contributed by atoms with Gasteiger partial charge < -0.3 is 10.2 Å². The van der Waals surface area contributed by atoms with Gasteiger partial charge in [-0.1, -0.05) is 32.6 Å². The summed E-state index contributed by atoms with van der Waals surface area (Å²) in [5, 5.41) is 3.41. The third-order valence-corrected chi connectivity index (χ3v) is 4.95. The van der Waals surface area contributed by atoms with Gasteiger partial charge in [-0.15, -0.1) is 0 Å². The first kappa shape index (κ1) is 14.3. The topological polar surface area (TPSA) is 15.3 Å². The summed E-state index contributed by atoms with van der Waals surface area (Å²) in [5.74, 6) is 2.14. The molecule has 2 fully saturated rings. The molecule has 1 aliphatic carbocycles.